The largest absolute Gasteiger partial charge is 0.383 e. The number of nitrogens with zero attached hydrogens (tertiary/aromatic N) is 5. The number of nitriles is 1. The summed E-state index contributed by atoms with van der Waals surface area (Å²) in [7, 11) is -0.682. The van der Waals surface area contributed by atoms with Crippen molar-refractivity contribution in [2.45, 2.75) is 25.6 Å². The molecule has 1 aromatic heterocycles. The first kappa shape index (κ1) is 25.8. The summed E-state index contributed by atoms with van der Waals surface area (Å²) in [5.74, 6) is 0. The maximum absolute atomic E-state index is 13.9. The van der Waals surface area contributed by atoms with Crippen molar-refractivity contribution in [3.63, 3.8) is 0 Å². The number of methoxy groups -OCH3 is 1. The molecular weight excluding hydrogens is 474 g/mol. The molecule has 0 fully saturated rings. The highest BCUT2D eigenvalue weighted by atomic mass is 32.2. The number of fused-ring (bicyclic) bond motifs is 1. The van der Waals surface area contributed by atoms with Crippen LogP contribution in [0.2, 0.25) is 0 Å². The maximum atomic E-state index is 13.9. The lowest BCUT2D eigenvalue weighted by atomic mass is 10.1. The number of likely N-dealkylation sites (N-methyl/N-ethyl adjacent to an activating group) is 1. The van der Waals surface area contributed by atoms with Crippen LogP contribution in [-0.2, 0) is 34.5 Å². The van der Waals surface area contributed by atoms with Gasteiger partial charge < -0.3 is 9.64 Å². The van der Waals surface area contributed by atoms with Crippen LogP contribution in [0, 0.1) is 11.3 Å². The van der Waals surface area contributed by atoms with Crippen molar-refractivity contribution in [1.29, 1.82) is 5.26 Å². The van der Waals surface area contributed by atoms with Crippen molar-refractivity contribution < 1.29 is 13.2 Å². The molecule has 8 nitrogen and oxygen atoms in total. The summed E-state index contributed by atoms with van der Waals surface area (Å²) in [5.41, 5.74) is 4.32. The number of aromatic nitrogens is 1. The van der Waals surface area contributed by atoms with Crippen LogP contribution in [0.25, 0.3) is 0 Å². The average Bonchev–Trinajstić information content (AvgIpc) is 3.05. The van der Waals surface area contributed by atoms with E-state index < -0.39 is 10.2 Å². The molecule has 188 valence electrons. The highest BCUT2D eigenvalue weighted by Crippen LogP contribution is 2.32. The lowest BCUT2D eigenvalue weighted by molar-refractivity contribution is 0.180. The van der Waals surface area contributed by atoms with E-state index in [2.05, 4.69) is 16.0 Å². The highest BCUT2D eigenvalue weighted by molar-refractivity contribution is 7.86. The van der Waals surface area contributed by atoms with Crippen LogP contribution in [0.15, 0.2) is 73.1 Å². The molecule has 0 amide bonds. The van der Waals surface area contributed by atoms with Crippen LogP contribution >= 0.6 is 0 Å². The maximum Gasteiger partial charge on any atom is 0.282 e. The molecule has 0 aliphatic carbocycles. The fourth-order valence-corrected chi connectivity index (χ4v) is 6.01. The zero-order valence-electron chi connectivity index (χ0n) is 20.6. The summed E-state index contributed by atoms with van der Waals surface area (Å²) in [6.45, 7) is 1.78. The van der Waals surface area contributed by atoms with Crippen LogP contribution in [0.3, 0.4) is 0 Å². The van der Waals surface area contributed by atoms with E-state index in [-0.39, 0.29) is 19.1 Å². The van der Waals surface area contributed by atoms with Gasteiger partial charge in [0.25, 0.3) is 10.2 Å². The molecule has 36 heavy (non-hydrogen) atoms. The third-order valence-corrected chi connectivity index (χ3v) is 8.42. The molecule has 1 aliphatic rings. The minimum absolute atomic E-state index is 0.172. The van der Waals surface area contributed by atoms with Crippen molar-refractivity contribution in [3.05, 3.63) is 95.3 Å². The smallest absolute Gasteiger partial charge is 0.282 e. The van der Waals surface area contributed by atoms with Crippen LogP contribution in [0.4, 0.5) is 5.69 Å². The first-order chi connectivity index (χ1) is 17.4. The summed E-state index contributed by atoms with van der Waals surface area (Å²) in [6.07, 6.45) is 4.12. The van der Waals surface area contributed by atoms with Gasteiger partial charge in [0.2, 0.25) is 0 Å². The van der Waals surface area contributed by atoms with Gasteiger partial charge in [-0.1, -0.05) is 36.4 Å². The Morgan fingerprint density at radius 3 is 2.61 bits per heavy atom. The Hall–Kier alpha value is -3.29. The molecule has 4 rings (SSSR count). The second kappa shape index (κ2) is 11.6. The zero-order valence-corrected chi connectivity index (χ0v) is 21.4. The first-order valence-electron chi connectivity index (χ1n) is 11.8. The molecule has 0 saturated heterocycles. The monoisotopic (exact) mass is 505 g/mol. The molecule has 0 unspecified atom stereocenters. The lowest BCUT2D eigenvalue weighted by Gasteiger charge is -2.34. The Morgan fingerprint density at radius 2 is 1.92 bits per heavy atom. The van der Waals surface area contributed by atoms with Gasteiger partial charge in [-0.3, -0.25) is 4.98 Å². The van der Waals surface area contributed by atoms with E-state index in [9.17, 15) is 13.7 Å². The number of hydrogen-bond acceptors (Lipinski definition) is 6. The van der Waals surface area contributed by atoms with Crippen molar-refractivity contribution in [3.8, 4) is 6.07 Å². The number of anilines is 1. The van der Waals surface area contributed by atoms with Crippen LogP contribution < -0.4 is 4.90 Å². The van der Waals surface area contributed by atoms with Crippen molar-refractivity contribution in [1.82, 2.24) is 13.6 Å². The van der Waals surface area contributed by atoms with Crippen LogP contribution in [0.5, 0.6) is 0 Å². The van der Waals surface area contributed by atoms with Crippen molar-refractivity contribution in [2.75, 3.05) is 38.8 Å². The summed E-state index contributed by atoms with van der Waals surface area (Å²) in [6, 6.07) is 21.2. The molecule has 1 aliphatic heterocycles. The molecule has 1 atom stereocenters. The van der Waals surface area contributed by atoms with E-state index in [1.165, 1.54) is 4.31 Å². The minimum atomic E-state index is -3.82. The summed E-state index contributed by atoms with van der Waals surface area (Å²) in [5, 5.41) is 9.54. The zero-order chi connectivity index (χ0) is 25.5. The number of benzene rings is 2. The normalized spacial score (nSPS) is 16.4. The molecule has 0 N–H and O–H groups in total. The van der Waals surface area contributed by atoms with E-state index >= 15 is 0 Å². The van der Waals surface area contributed by atoms with Crippen LogP contribution in [0.1, 0.15) is 22.3 Å². The molecule has 0 bridgehead atoms. The Kier molecular flexibility index (Phi) is 8.33. The number of pyridine rings is 1. The SMILES string of the molecule is COCCN(C)S(=O)(=O)N1Cc2cc(C#N)ccc2N(Cc2cccnc2)C[C@H]1Cc1ccccc1. The number of hydrogen-bond donors (Lipinski definition) is 0. The Labute approximate surface area is 213 Å². The van der Waals surface area contributed by atoms with E-state index in [4.69, 9.17) is 4.74 Å². The number of ether oxygens (including phenoxy) is 1. The summed E-state index contributed by atoms with van der Waals surface area (Å²) >= 11 is 0. The van der Waals surface area contributed by atoms with Gasteiger partial charge in [-0.05, 0) is 47.4 Å². The molecule has 0 saturated carbocycles. The second-order valence-corrected chi connectivity index (χ2v) is 10.9. The molecule has 0 spiro atoms. The third kappa shape index (κ3) is 5.91. The fourth-order valence-electron chi connectivity index (χ4n) is 4.53. The molecular formula is C27H31N5O3S. The highest BCUT2D eigenvalue weighted by Gasteiger charge is 2.37. The lowest BCUT2D eigenvalue weighted by Crippen LogP contribution is -2.50. The average molecular weight is 506 g/mol. The van der Waals surface area contributed by atoms with Gasteiger partial charge in [0.05, 0.1) is 18.2 Å². The van der Waals surface area contributed by atoms with Crippen LogP contribution in [-0.4, -0.2) is 61.9 Å². The quantitative estimate of drug-likeness (QED) is 0.444. The predicted molar refractivity (Wildman–Crippen MR) is 139 cm³/mol. The van der Waals surface area contributed by atoms with Gasteiger partial charge in [-0.25, -0.2) is 0 Å². The standard InChI is InChI=1S/C27H31N5O3S/c1-30(13-14-35-2)36(33,34)32-20-25-15-23(17-28)10-11-27(25)31(19-24-9-6-12-29-18-24)21-26(32)16-22-7-4-3-5-8-22/h3-12,15,18,26H,13-14,16,19-21H2,1-2H3/t26-/m1/s1. The van der Waals surface area contributed by atoms with Gasteiger partial charge >= 0.3 is 0 Å². The van der Waals surface area contributed by atoms with Gasteiger partial charge in [0.1, 0.15) is 0 Å². The molecule has 2 aromatic carbocycles. The van der Waals surface area contributed by atoms with Gasteiger partial charge in [-0.2, -0.15) is 22.3 Å². The Morgan fingerprint density at radius 1 is 1.14 bits per heavy atom. The minimum Gasteiger partial charge on any atom is -0.383 e. The molecule has 2 heterocycles. The molecule has 0 radical (unpaired) electrons. The van der Waals surface area contributed by atoms with E-state index in [1.54, 1.807) is 36.8 Å². The first-order valence-corrected chi connectivity index (χ1v) is 13.2. The van der Waals surface area contributed by atoms with Gasteiger partial charge in [0, 0.05) is 64.5 Å². The summed E-state index contributed by atoms with van der Waals surface area (Å²) < 4.78 is 35.8. The Bertz CT molecular complexity index is 1300. The molecule has 9 heteroatoms. The third-order valence-electron chi connectivity index (χ3n) is 6.42. The predicted octanol–water partition coefficient (Wildman–Crippen LogP) is 3.21. The molecule has 3 aromatic rings. The van der Waals surface area contributed by atoms with E-state index in [0.717, 1.165) is 22.4 Å². The van der Waals surface area contributed by atoms with Crippen molar-refractivity contribution in [2.24, 2.45) is 0 Å². The number of rotatable bonds is 9. The van der Waals surface area contributed by atoms with Gasteiger partial charge in [0.15, 0.2) is 0 Å². The van der Waals surface area contributed by atoms with E-state index in [1.807, 2.05) is 54.7 Å². The second-order valence-electron chi connectivity index (χ2n) is 8.91. The Balaban J connectivity index is 1.79. The fraction of sp³-hybridized carbons (Fsp3) is 0.333. The van der Waals surface area contributed by atoms with E-state index in [0.29, 0.717) is 31.7 Å². The van der Waals surface area contributed by atoms with Gasteiger partial charge in [-0.15, -0.1) is 0 Å². The topological polar surface area (TPSA) is 89.8 Å². The van der Waals surface area contributed by atoms with Crippen molar-refractivity contribution >= 4 is 15.9 Å². The summed E-state index contributed by atoms with van der Waals surface area (Å²) in [4.78, 5) is 6.46.